The Morgan fingerprint density at radius 1 is 1.05 bits per heavy atom. The van der Waals surface area contributed by atoms with Crippen molar-refractivity contribution >= 4 is 0 Å². The molecule has 0 saturated carbocycles. The summed E-state index contributed by atoms with van der Waals surface area (Å²) in [6.45, 7) is 2.14. The van der Waals surface area contributed by atoms with Crippen molar-refractivity contribution in [2.75, 3.05) is 7.05 Å². The first-order valence-corrected chi connectivity index (χ1v) is 6.74. The monoisotopic (exact) mass is 257 g/mol. The van der Waals surface area contributed by atoms with E-state index in [4.69, 9.17) is 0 Å². The summed E-state index contributed by atoms with van der Waals surface area (Å²) in [5, 5.41) is 3.26. The minimum Gasteiger partial charge on any atom is -0.313 e. The number of hydrogen-bond acceptors (Lipinski definition) is 1. The molecule has 0 radical (unpaired) electrons. The maximum absolute atomic E-state index is 13.7. The number of nitrogens with one attached hydrogen (secondary N) is 1. The average molecular weight is 257 g/mol. The van der Waals surface area contributed by atoms with Gasteiger partial charge in [-0.1, -0.05) is 49.4 Å². The molecule has 0 fully saturated rings. The van der Waals surface area contributed by atoms with Crippen LogP contribution in [0.25, 0.3) is 0 Å². The lowest BCUT2D eigenvalue weighted by atomic mass is 9.97. The van der Waals surface area contributed by atoms with Crippen molar-refractivity contribution in [3.8, 4) is 0 Å². The van der Waals surface area contributed by atoms with Gasteiger partial charge in [-0.2, -0.15) is 0 Å². The van der Waals surface area contributed by atoms with Gasteiger partial charge in [0.15, 0.2) is 0 Å². The van der Waals surface area contributed by atoms with E-state index in [9.17, 15) is 4.39 Å². The maximum Gasteiger partial charge on any atom is 0.126 e. The summed E-state index contributed by atoms with van der Waals surface area (Å²) in [6.07, 6.45) is 1.70. The van der Waals surface area contributed by atoms with Crippen molar-refractivity contribution in [3.63, 3.8) is 0 Å². The Hall–Kier alpha value is -1.67. The molecule has 2 aromatic carbocycles. The van der Waals surface area contributed by atoms with Gasteiger partial charge in [-0.3, -0.25) is 0 Å². The van der Waals surface area contributed by atoms with Crippen LogP contribution in [0, 0.1) is 5.82 Å². The van der Waals surface area contributed by atoms with Gasteiger partial charge in [0.05, 0.1) is 0 Å². The zero-order chi connectivity index (χ0) is 13.7. The van der Waals surface area contributed by atoms with E-state index < -0.39 is 0 Å². The van der Waals surface area contributed by atoms with Gasteiger partial charge >= 0.3 is 0 Å². The number of aryl methyl sites for hydroxylation is 1. The number of likely N-dealkylation sites (N-methyl/N-ethyl adjacent to an activating group) is 1. The largest absolute Gasteiger partial charge is 0.313 e. The molecular weight excluding hydrogens is 237 g/mol. The molecule has 0 amide bonds. The third kappa shape index (κ3) is 3.42. The Morgan fingerprint density at radius 2 is 1.74 bits per heavy atom. The van der Waals surface area contributed by atoms with Crippen molar-refractivity contribution in [2.45, 2.75) is 25.8 Å². The van der Waals surface area contributed by atoms with E-state index >= 15 is 0 Å². The molecule has 0 aliphatic rings. The Kier molecular flexibility index (Phi) is 4.69. The first-order chi connectivity index (χ1) is 9.24. The Bertz CT molecular complexity index is 519. The zero-order valence-corrected chi connectivity index (χ0v) is 11.5. The highest BCUT2D eigenvalue weighted by molar-refractivity contribution is 5.27. The Labute approximate surface area is 114 Å². The van der Waals surface area contributed by atoms with Gasteiger partial charge in [0.25, 0.3) is 0 Å². The molecule has 0 heterocycles. The fourth-order valence-corrected chi connectivity index (χ4v) is 2.26. The highest BCUT2D eigenvalue weighted by Gasteiger charge is 2.12. The van der Waals surface area contributed by atoms with E-state index in [1.807, 2.05) is 19.2 Å². The van der Waals surface area contributed by atoms with Crippen LogP contribution in [-0.2, 0) is 12.8 Å². The molecule has 0 saturated heterocycles. The van der Waals surface area contributed by atoms with Crippen LogP contribution in [0.3, 0.4) is 0 Å². The molecule has 1 N–H and O–H groups in total. The van der Waals surface area contributed by atoms with Crippen LogP contribution >= 0.6 is 0 Å². The molecule has 1 unspecified atom stereocenters. The minimum absolute atomic E-state index is 0.132. The maximum atomic E-state index is 13.7. The van der Waals surface area contributed by atoms with Gasteiger partial charge in [0, 0.05) is 6.04 Å². The third-order valence-corrected chi connectivity index (χ3v) is 3.52. The fourth-order valence-electron chi connectivity index (χ4n) is 2.26. The summed E-state index contributed by atoms with van der Waals surface area (Å²) in [6, 6.07) is 15.6. The van der Waals surface area contributed by atoms with Crippen molar-refractivity contribution in [3.05, 3.63) is 71.0 Å². The van der Waals surface area contributed by atoms with E-state index in [2.05, 4.69) is 36.5 Å². The second-order valence-corrected chi connectivity index (χ2v) is 4.73. The second kappa shape index (κ2) is 6.48. The van der Waals surface area contributed by atoms with Crippen LogP contribution < -0.4 is 5.32 Å². The molecular formula is C17H20FN. The molecule has 100 valence electrons. The average Bonchev–Trinajstić information content (AvgIpc) is 2.47. The minimum atomic E-state index is -0.132. The van der Waals surface area contributed by atoms with E-state index in [1.165, 1.54) is 17.2 Å². The SMILES string of the molecule is CCc1ccc(C(Cc2ccccc2F)NC)cc1. The summed E-state index contributed by atoms with van der Waals surface area (Å²) in [4.78, 5) is 0. The second-order valence-electron chi connectivity index (χ2n) is 4.73. The van der Waals surface area contributed by atoms with Crippen LogP contribution in [0.4, 0.5) is 4.39 Å². The standard InChI is InChI=1S/C17H20FN/c1-3-13-8-10-14(11-9-13)17(19-2)12-15-6-4-5-7-16(15)18/h4-11,17,19H,3,12H2,1-2H3. The number of benzene rings is 2. The summed E-state index contributed by atoms with van der Waals surface area (Å²) >= 11 is 0. The highest BCUT2D eigenvalue weighted by atomic mass is 19.1. The molecule has 2 rings (SSSR count). The summed E-state index contributed by atoms with van der Waals surface area (Å²) in [7, 11) is 1.92. The lowest BCUT2D eigenvalue weighted by Crippen LogP contribution is -2.19. The van der Waals surface area contributed by atoms with Gasteiger partial charge in [0.1, 0.15) is 5.82 Å². The topological polar surface area (TPSA) is 12.0 Å². The quantitative estimate of drug-likeness (QED) is 0.857. The number of rotatable bonds is 5. The van der Waals surface area contributed by atoms with E-state index in [1.54, 1.807) is 6.07 Å². The highest BCUT2D eigenvalue weighted by Crippen LogP contribution is 2.20. The molecule has 0 spiro atoms. The van der Waals surface area contributed by atoms with Crippen LogP contribution in [0.1, 0.15) is 29.7 Å². The van der Waals surface area contributed by atoms with Crippen LogP contribution in [0.2, 0.25) is 0 Å². The summed E-state index contributed by atoms with van der Waals surface area (Å²) in [5.74, 6) is -0.132. The van der Waals surface area contributed by atoms with Crippen LogP contribution in [0.5, 0.6) is 0 Å². The fraction of sp³-hybridized carbons (Fsp3) is 0.294. The van der Waals surface area contributed by atoms with Gasteiger partial charge in [-0.15, -0.1) is 0 Å². The molecule has 0 aromatic heterocycles. The molecule has 2 heteroatoms. The summed E-state index contributed by atoms with van der Waals surface area (Å²) in [5.41, 5.74) is 3.27. The number of halogens is 1. The van der Waals surface area contributed by atoms with Crippen molar-refractivity contribution < 1.29 is 4.39 Å². The third-order valence-electron chi connectivity index (χ3n) is 3.52. The molecule has 2 aromatic rings. The van der Waals surface area contributed by atoms with Gasteiger partial charge in [0.2, 0.25) is 0 Å². The first kappa shape index (κ1) is 13.8. The molecule has 0 aliphatic carbocycles. The van der Waals surface area contributed by atoms with Crippen molar-refractivity contribution in [2.24, 2.45) is 0 Å². The van der Waals surface area contributed by atoms with Gasteiger partial charge in [-0.25, -0.2) is 4.39 Å². The van der Waals surface area contributed by atoms with Crippen LogP contribution in [-0.4, -0.2) is 7.05 Å². The Morgan fingerprint density at radius 3 is 2.32 bits per heavy atom. The van der Waals surface area contributed by atoms with Crippen molar-refractivity contribution in [1.82, 2.24) is 5.32 Å². The lowest BCUT2D eigenvalue weighted by molar-refractivity contribution is 0.554. The van der Waals surface area contributed by atoms with E-state index in [-0.39, 0.29) is 11.9 Å². The van der Waals surface area contributed by atoms with E-state index in [0.717, 1.165) is 12.0 Å². The van der Waals surface area contributed by atoms with Crippen molar-refractivity contribution in [1.29, 1.82) is 0 Å². The first-order valence-electron chi connectivity index (χ1n) is 6.74. The molecule has 19 heavy (non-hydrogen) atoms. The molecule has 0 aliphatic heterocycles. The number of hydrogen-bond donors (Lipinski definition) is 1. The summed E-state index contributed by atoms with van der Waals surface area (Å²) < 4.78 is 13.7. The lowest BCUT2D eigenvalue weighted by Gasteiger charge is -2.17. The normalized spacial score (nSPS) is 12.4. The zero-order valence-electron chi connectivity index (χ0n) is 11.5. The van der Waals surface area contributed by atoms with Gasteiger partial charge < -0.3 is 5.32 Å². The molecule has 1 atom stereocenters. The Balaban J connectivity index is 2.17. The van der Waals surface area contributed by atoms with Crippen LogP contribution in [0.15, 0.2) is 48.5 Å². The molecule has 1 nitrogen and oxygen atoms in total. The van der Waals surface area contributed by atoms with E-state index in [0.29, 0.717) is 6.42 Å². The smallest absolute Gasteiger partial charge is 0.126 e. The molecule has 0 bridgehead atoms. The predicted molar refractivity (Wildman–Crippen MR) is 77.7 cm³/mol. The predicted octanol–water partition coefficient (Wildman–Crippen LogP) is 3.89. The van der Waals surface area contributed by atoms with Gasteiger partial charge in [-0.05, 0) is 42.6 Å².